The maximum Gasteiger partial charge on any atom is 0.319 e. The molecule has 0 spiro atoms. The first-order valence-electron chi connectivity index (χ1n) is 4.50. The van der Waals surface area contributed by atoms with Gasteiger partial charge in [-0.25, -0.2) is 0 Å². The van der Waals surface area contributed by atoms with Gasteiger partial charge < -0.3 is 9.47 Å². The Morgan fingerprint density at radius 3 is 2.43 bits per heavy atom. The molecule has 0 fully saturated rings. The van der Waals surface area contributed by atoms with Crippen LogP contribution in [-0.2, 0) is 19.1 Å². The number of carbonyl (C=O) groups is 2. The van der Waals surface area contributed by atoms with E-state index in [1.54, 1.807) is 6.92 Å². The first-order chi connectivity index (χ1) is 6.65. The average molecular weight is 220 g/mol. The summed E-state index contributed by atoms with van der Waals surface area (Å²) in [6.45, 7) is 4.01. The summed E-state index contributed by atoms with van der Waals surface area (Å²) in [6.07, 6.45) is 0.653. The van der Waals surface area contributed by atoms with Crippen LogP contribution >= 0.6 is 11.8 Å². The topological polar surface area (TPSA) is 52.6 Å². The summed E-state index contributed by atoms with van der Waals surface area (Å²) < 4.78 is 9.32. The smallest absolute Gasteiger partial charge is 0.319 e. The van der Waals surface area contributed by atoms with Crippen molar-refractivity contribution in [3.63, 3.8) is 0 Å². The van der Waals surface area contributed by atoms with E-state index in [-0.39, 0.29) is 22.9 Å². The Bertz CT molecular complexity index is 193. The molecule has 0 aromatic rings. The molecule has 14 heavy (non-hydrogen) atoms. The normalized spacial score (nSPS) is 11.9. The number of carbonyl (C=O) groups excluding carboxylic acids is 2. The predicted octanol–water partition coefficient (Wildman–Crippen LogP) is 1.23. The molecule has 0 radical (unpaired) electrons. The molecule has 0 aromatic heterocycles. The highest BCUT2D eigenvalue weighted by Crippen LogP contribution is 2.16. The molecular weight excluding hydrogens is 204 g/mol. The first kappa shape index (κ1) is 13.3. The Morgan fingerprint density at radius 1 is 1.36 bits per heavy atom. The molecule has 1 atom stereocenters. The van der Waals surface area contributed by atoms with E-state index in [4.69, 9.17) is 4.74 Å². The number of hydrogen-bond acceptors (Lipinski definition) is 5. The van der Waals surface area contributed by atoms with Crippen molar-refractivity contribution < 1.29 is 19.1 Å². The van der Waals surface area contributed by atoms with Crippen molar-refractivity contribution in [2.45, 2.75) is 25.5 Å². The highest BCUT2D eigenvalue weighted by molar-refractivity contribution is 8.01. The van der Waals surface area contributed by atoms with E-state index < -0.39 is 0 Å². The fraction of sp³-hybridized carbons (Fsp3) is 0.778. The lowest BCUT2D eigenvalue weighted by atomic mass is 10.3. The second-order valence-corrected chi connectivity index (χ2v) is 3.73. The SMILES string of the molecule is CCOC(=O)C(CC)SCC(=O)OC. The maximum absolute atomic E-state index is 11.3. The monoisotopic (exact) mass is 220 g/mol. The van der Waals surface area contributed by atoms with Crippen LogP contribution in [0.3, 0.4) is 0 Å². The molecule has 0 aliphatic heterocycles. The number of ether oxygens (including phenoxy) is 2. The molecule has 0 N–H and O–H groups in total. The van der Waals surface area contributed by atoms with E-state index in [1.165, 1.54) is 18.9 Å². The molecule has 0 amide bonds. The minimum atomic E-state index is -0.322. The Labute approximate surface area is 88.3 Å². The van der Waals surface area contributed by atoms with Crippen molar-refractivity contribution in [3.8, 4) is 0 Å². The standard InChI is InChI=1S/C9H16O4S/c1-4-7(9(11)13-5-2)14-6-8(10)12-3/h7H,4-6H2,1-3H3. The number of rotatable bonds is 6. The predicted molar refractivity (Wildman–Crippen MR) is 55.2 cm³/mol. The van der Waals surface area contributed by atoms with E-state index >= 15 is 0 Å². The average Bonchev–Trinajstić information content (AvgIpc) is 2.18. The fourth-order valence-corrected chi connectivity index (χ4v) is 1.71. The van der Waals surface area contributed by atoms with Crippen molar-refractivity contribution in [2.24, 2.45) is 0 Å². The van der Waals surface area contributed by atoms with Gasteiger partial charge in [-0.3, -0.25) is 9.59 Å². The summed E-state index contributed by atoms with van der Waals surface area (Å²) in [6, 6.07) is 0. The van der Waals surface area contributed by atoms with Crippen LogP contribution in [0.5, 0.6) is 0 Å². The lowest BCUT2D eigenvalue weighted by Crippen LogP contribution is -2.21. The van der Waals surface area contributed by atoms with Gasteiger partial charge in [-0.1, -0.05) is 6.92 Å². The van der Waals surface area contributed by atoms with Crippen LogP contribution in [0.2, 0.25) is 0 Å². The molecule has 5 heteroatoms. The van der Waals surface area contributed by atoms with Gasteiger partial charge in [-0.2, -0.15) is 0 Å². The molecule has 0 rings (SSSR count). The zero-order valence-electron chi connectivity index (χ0n) is 8.74. The molecule has 0 saturated heterocycles. The van der Waals surface area contributed by atoms with Crippen LogP contribution in [0.25, 0.3) is 0 Å². The minimum Gasteiger partial charge on any atom is -0.468 e. The fourth-order valence-electron chi connectivity index (χ4n) is 0.815. The van der Waals surface area contributed by atoms with E-state index in [0.717, 1.165) is 0 Å². The van der Waals surface area contributed by atoms with Crippen LogP contribution in [0.15, 0.2) is 0 Å². The zero-order chi connectivity index (χ0) is 11.0. The van der Waals surface area contributed by atoms with Crippen molar-refractivity contribution >= 4 is 23.7 Å². The third-order valence-corrected chi connectivity index (χ3v) is 2.88. The number of methoxy groups -OCH3 is 1. The van der Waals surface area contributed by atoms with Gasteiger partial charge in [0.15, 0.2) is 0 Å². The Balaban J connectivity index is 3.90. The van der Waals surface area contributed by atoms with Gasteiger partial charge in [0.2, 0.25) is 0 Å². The summed E-state index contributed by atoms with van der Waals surface area (Å²) in [5.74, 6) is -0.393. The molecule has 82 valence electrons. The Morgan fingerprint density at radius 2 is 2.00 bits per heavy atom. The van der Waals surface area contributed by atoms with Gasteiger partial charge in [0, 0.05) is 0 Å². The number of thioether (sulfide) groups is 1. The molecule has 4 nitrogen and oxygen atoms in total. The van der Waals surface area contributed by atoms with Gasteiger partial charge >= 0.3 is 11.9 Å². The number of hydrogen-bond donors (Lipinski definition) is 0. The second kappa shape index (κ2) is 7.67. The van der Waals surface area contributed by atoms with Crippen LogP contribution in [-0.4, -0.2) is 36.7 Å². The number of esters is 2. The molecule has 0 aliphatic rings. The van der Waals surface area contributed by atoms with E-state index in [9.17, 15) is 9.59 Å². The molecule has 0 saturated carbocycles. The summed E-state index contributed by atoms with van der Waals surface area (Å²) in [4.78, 5) is 22.1. The lowest BCUT2D eigenvalue weighted by Gasteiger charge is -2.11. The third kappa shape index (κ3) is 5.11. The van der Waals surface area contributed by atoms with Gasteiger partial charge in [0.05, 0.1) is 19.5 Å². The lowest BCUT2D eigenvalue weighted by molar-refractivity contribution is -0.142. The van der Waals surface area contributed by atoms with Crippen LogP contribution in [0.4, 0.5) is 0 Å². The molecule has 0 bridgehead atoms. The molecule has 1 unspecified atom stereocenters. The molecule has 0 heterocycles. The van der Waals surface area contributed by atoms with Gasteiger partial charge in [-0.05, 0) is 13.3 Å². The summed E-state index contributed by atoms with van der Waals surface area (Å²) in [7, 11) is 1.33. The van der Waals surface area contributed by atoms with Crippen molar-refractivity contribution in [3.05, 3.63) is 0 Å². The van der Waals surface area contributed by atoms with E-state index in [1.807, 2.05) is 6.92 Å². The zero-order valence-corrected chi connectivity index (χ0v) is 9.56. The Kier molecular flexibility index (Phi) is 7.28. The van der Waals surface area contributed by atoms with Crippen LogP contribution < -0.4 is 0 Å². The minimum absolute atomic E-state index is 0.188. The maximum atomic E-state index is 11.3. The summed E-state index contributed by atoms with van der Waals surface area (Å²) >= 11 is 1.25. The highest BCUT2D eigenvalue weighted by atomic mass is 32.2. The molecule has 0 aromatic carbocycles. The van der Waals surface area contributed by atoms with Gasteiger partial charge in [0.25, 0.3) is 0 Å². The third-order valence-electron chi connectivity index (χ3n) is 1.55. The summed E-state index contributed by atoms with van der Waals surface area (Å²) in [5.41, 5.74) is 0. The van der Waals surface area contributed by atoms with Crippen molar-refractivity contribution in [1.29, 1.82) is 0 Å². The highest BCUT2D eigenvalue weighted by Gasteiger charge is 2.19. The van der Waals surface area contributed by atoms with E-state index in [0.29, 0.717) is 13.0 Å². The summed E-state index contributed by atoms with van der Waals surface area (Å²) in [5, 5.41) is -0.269. The second-order valence-electron chi connectivity index (χ2n) is 2.54. The van der Waals surface area contributed by atoms with Crippen molar-refractivity contribution in [1.82, 2.24) is 0 Å². The van der Waals surface area contributed by atoms with Gasteiger partial charge in [-0.15, -0.1) is 11.8 Å². The van der Waals surface area contributed by atoms with E-state index in [2.05, 4.69) is 4.74 Å². The molecule has 0 aliphatic carbocycles. The first-order valence-corrected chi connectivity index (χ1v) is 5.55. The van der Waals surface area contributed by atoms with Crippen LogP contribution in [0.1, 0.15) is 20.3 Å². The quantitative estimate of drug-likeness (QED) is 0.630. The molecular formula is C9H16O4S. The van der Waals surface area contributed by atoms with Crippen molar-refractivity contribution in [2.75, 3.05) is 19.5 Å². The largest absolute Gasteiger partial charge is 0.468 e. The van der Waals surface area contributed by atoms with Crippen LogP contribution in [0, 0.1) is 0 Å². The Hall–Kier alpha value is -0.710. The van der Waals surface area contributed by atoms with Gasteiger partial charge in [0.1, 0.15) is 5.25 Å².